The van der Waals surface area contributed by atoms with Crippen molar-refractivity contribution in [3.05, 3.63) is 70.8 Å². The summed E-state index contributed by atoms with van der Waals surface area (Å²) < 4.78 is 0. The summed E-state index contributed by atoms with van der Waals surface area (Å²) in [5.41, 5.74) is 5.34. The van der Waals surface area contributed by atoms with Gasteiger partial charge in [0.05, 0.1) is 6.04 Å². The van der Waals surface area contributed by atoms with Crippen LogP contribution in [0.1, 0.15) is 35.2 Å². The zero-order valence-corrected chi connectivity index (χ0v) is 11.4. The highest BCUT2D eigenvalue weighted by Crippen LogP contribution is 2.23. The van der Waals surface area contributed by atoms with Crippen molar-refractivity contribution < 1.29 is 0 Å². The van der Waals surface area contributed by atoms with Crippen LogP contribution in [-0.2, 0) is 6.42 Å². The third-order valence-electron chi connectivity index (χ3n) is 3.39. The SMILES string of the molecule is CCc1cccc(C(NC)c2ccc(C)cc2)c1. The summed E-state index contributed by atoms with van der Waals surface area (Å²) in [4.78, 5) is 0. The van der Waals surface area contributed by atoms with Gasteiger partial charge >= 0.3 is 0 Å². The van der Waals surface area contributed by atoms with Gasteiger partial charge in [-0.2, -0.15) is 0 Å². The molecule has 1 heteroatoms. The Balaban J connectivity index is 2.35. The fourth-order valence-corrected chi connectivity index (χ4v) is 2.28. The van der Waals surface area contributed by atoms with Crippen molar-refractivity contribution in [2.24, 2.45) is 0 Å². The van der Waals surface area contributed by atoms with Crippen LogP contribution in [-0.4, -0.2) is 7.05 Å². The van der Waals surface area contributed by atoms with Crippen LogP contribution in [0, 0.1) is 6.92 Å². The van der Waals surface area contributed by atoms with Crippen molar-refractivity contribution in [3.8, 4) is 0 Å². The molecular weight excluding hydrogens is 218 g/mol. The molecule has 1 unspecified atom stereocenters. The second-order valence-corrected chi connectivity index (χ2v) is 4.73. The molecule has 0 saturated carbocycles. The Morgan fingerprint density at radius 2 is 1.72 bits per heavy atom. The van der Waals surface area contributed by atoms with E-state index in [2.05, 4.69) is 67.7 Å². The molecule has 0 amide bonds. The number of rotatable bonds is 4. The maximum atomic E-state index is 3.41. The highest BCUT2D eigenvalue weighted by molar-refractivity contribution is 5.35. The first-order valence-corrected chi connectivity index (χ1v) is 6.57. The predicted octanol–water partition coefficient (Wildman–Crippen LogP) is 3.87. The van der Waals surface area contributed by atoms with Crippen LogP contribution >= 0.6 is 0 Å². The topological polar surface area (TPSA) is 12.0 Å². The van der Waals surface area contributed by atoms with E-state index in [1.165, 1.54) is 22.3 Å². The quantitative estimate of drug-likeness (QED) is 0.854. The average molecular weight is 239 g/mol. The monoisotopic (exact) mass is 239 g/mol. The Morgan fingerprint density at radius 3 is 2.33 bits per heavy atom. The third kappa shape index (κ3) is 2.80. The lowest BCUT2D eigenvalue weighted by Crippen LogP contribution is -2.17. The van der Waals surface area contributed by atoms with E-state index in [1.54, 1.807) is 0 Å². The lowest BCUT2D eigenvalue weighted by atomic mass is 9.96. The van der Waals surface area contributed by atoms with Gasteiger partial charge in [-0.15, -0.1) is 0 Å². The molecule has 2 rings (SSSR count). The Bertz CT molecular complexity index is 499. The van der Waals surface area contributed by atoms with Crippen molar-refractivity contribution in [3.63, 3.8) is 0 Å². The highest BCUT2D eigenvalue weighted by Gasteiger charge is 2.11. The molecule has 18 heavy (non-hydrogen) atoms. The Morgan fingerprint density at radius 1 is 1.00 bits per heavy atom. The minimum Gasteiger partial charge on any atom is -0.309 e. The van der Waals surface area contributed by atoms with Crippen molar-refractivity contribution >= 4 is 0 Å². The minimum absolute atomic E-state index is 0.275. The second-order valence-electron chi connectivity index (χ2n) is 4.73. The van der Waals surface area contributed by atoms with E-state index >= 15 is 0 Å². The van der Waals surface area contributed by atoms with E-state index in [9.17, 15) is 0 Å². The third-order valence-corrected chi connectivity index (χ3v) is 3.39. The van der Waals surface area contributed by atoms with Gasteiger partial charge in [-0.25, -0.2) is 0 Å². The van der Waals surface area contributed by atoms with Crippen LogP contribution in [0.2, 0.25) is 0 Å². The van der Waals surface area contributed by atoms with E-state index < -0.39 is 0 Å². The Labute approximate surface area is 110 Å². The van der Waals surface area contributed by atoms with E-state index in [-0.39, 0.29) is 6.04 Å². The first-order valence-electron chi connectivity index (χ1n) is 6.57. The molecule has 2 aromatic carbocycles. The number of hydrogen-bond donors (Lipinski definition) is 1. The summed E-state index contributed by atoms with van der Waals surface area (Å²) in [6, 6.07) is 17.8. The van der Waals surface area contributed by atoms with Gasteiger partial charge in [-0.3, -0.25) is 0 Å². The smallest absolute Gasteiger partial charge is 0.0574 e. The zero-order valence-electron chi connectivity index (χ0n) is 11.4. The molecule has 2 aromatic rings. The van der Waals surface area contributed by atoms with Gasteiger partial charge in [0.25, 0.3) is 0 Å². The molecule has 0 saturated heterocycles. The molecule has 0 fully saturated rings. The first-order chi connectivity index (χ1) is 8.74. The van der Waals surface area contributed by atoms with Gasteiger partial charge in [0.1, 0.15) is 0 Å². The largest absolute Gasteiger partial charge is 0.309 e. The molecule has 0 aliphatic carbocycles. The molecule has 1 nitrogen and oxygen atoms in total. The molecule has 0 aliphatic heterocycles. The van der Waals surface area contributed by atoms with Gasteiger partial charge in [0, 0.05) is 0 Å². The first kappa shape index (κ1) is 12.8. The number of hydrogen-bond acceptors (Lipinski definition) is 1. The molecule has 1 atom stereocenters. The standard InChI is InChI=1S/C17H21N/c1-4-14-6-5-7-16(12-14)17(18-3)15-10-8-13(2)9-11-15/h5-12,17-18H,4H2,1-3H3. The van der Waals surface area contributed by atoms with E-state index in [0.717, 1.165) is 6.42 Å². The molecule has 0 aliphatic rings. The predicted molar refractivity (Wildman–Crippen MR) is 77.9 cm³/mol. The van der Waals surface area contributed by atoms with Crippen molar-refractivity contribution in [1.29, 1.82) is 0 Å². The molecule has 1 N–H and O–H groups in total. The minimum atomic E-state index is 0.275. The van der Waals surface area contributed by atoms with Crippen LogP contribution in [0.3, 0.4) is 0 Å². The van der Waals surface area contributed by atoms with Crippen LogP contribution < -0.4 is 5.32 Å². The summed E-state index contributed by atoms with van der Waals surface area (Å²) in [6.45, 7) is 4.31. The average Bonchev–Trinajstić information content (AvgIpc) is 2.42. The molecule has 0 aromatic heterocycles. The fourth-order valence-electron chi connectivity index (χ4n) is 2.28. The Hall–Kier alpha value is -1.60. The van der Waals surface area contributed by atoms with E-state index in [0.29, 0.717) is 0 Å². The van der Waals surface area contributed by atoms with Crippen molar-refractivity contribution in [2.45, 2.75) is 26.3 Å². The summed E-state index contributed by atoms with van der Waals surface area (Å²) in [7, 11) is 2.02. The van der Waals surface area contributed by atoms with Crippen LogP contribution in [0.4, 0.5) is 0 Å². The number of nitrogens with one attached hydrogen (secondary N) is 1. The van der Waals surface area contributed by atoms with E-state index in [4.69, 9.17) is 0 Å². The fraction of sp³-hybridized carbons (Fsp3) is 0.294. The van der Waals surface area contributed by atoms with Gasteiger partial charge in [0.15, 0.2) is 0 Å². The maximum absolute atomic E-state index is 3.41. The summed E-state index contributed by atoms with van der Waals surface area (Å²) in [5.74, 6) is 0. The highest BCUT2D eigenvalue weighted by atomic mass is 14.9. The van der Waals surface area contributed by atoms with Crippen LogP contribution in [0.5, 0.6) is 0 Å². The molecule has 0 radical (unpaired) electrons. The summed E-state index contributed by atoms with van der Waals surface area (Å²) in [6.07, 6.45) is 1.08. The summed E-state index contributed by atoms with van der Waals surface area (Å²) in [5, 5.41) is 3.41. The lowest BCUT2D eigenvalue weighted by Gasteiger charge is -2.18. The van der Waals surface area contributed by atoms with Gasteiger partial charge in [-0.1, -0.05) is 61.0 Å². The number of aryl methyl sites for hydroxylation is 2. The molecule has 0 bridgehead atoms. The van der Waals surface area contributed by atoms with Gasteiger partial charge in [0.2, 0.25) is 0 Å². The van der Waals surface area contributed by atoms with E-state index in [1.807, 2.05) is 7.05 Å². The maximum Gasteiger partial charge on any atom is 0.0574 e. The second kappa shape index (κ2) is 5.83. The van der Waals surface area contributed by atoms with Crippen LogP contribution in [0.25, 0.3) is 0 Å². The lowest BCUT2D eigenvalue weighted by molar-refractivity contribution is 0.690. The summed E-state index contributed by atoms with van der Waals surface area (Å²) >= 11 is 0. The normalized spacial score (nSPS) is 12.4. The molecular formula is C17H21N. The van der Waals surface area contributed by atoms with Crippen LogP contribution in [0.15, 0.2) is 48.5 Å². The van der Waals surface area contributed by atoms with Gasteiger partial charge in [-0.05, 0) is 37.1 Å². The van der Waals surface area contributed by atoms with Gasteiger partial charge < -0.3 is 5.32 Å². The Kier molecular flexibility index (Phi) is 4.16. The van der Waals surface area contributed by atoms with Crippen molar-refractivity contribution in [1.82, 2.24) is 5.32 Å². The molecule has 0 spiro atoms. The zero-order chi connectivity index (χ0) is 13.0. The number of benzene rings is 2. The van der Waals surface area contributed by atoms with Crippen molar-refractivity contribution in [2.75, 3.05) is 7.05 Å². The molecule has 94 valence electrons. The molecule has 0 heterocycles.